The lowest BCUT2D eigenvalue weighted by Gasteiger charge is -2.10. The lowest BCUT2D eigenvalue weighted by Crippen LogP contribution is -2.16. The van der Waals surface area contributed by atoms with Crippen LogP contribution in [0, 0.1) is 23.3 Å². The quantitative estimate of drug-likeness (QED) is 0.653. The monoisotopic (exact) mass is 421 g/mol. The Balaban J connectivity index is 2.26. The van der Waals surface area contributed by atoms with Crippen molar-refractivity contribution in [2.24, 2.45) is 5.14 Å². The van der Waals surface area contributed by atoms with Crippen molar-refractivity contribution in [3.63, 3.8) is 0 Å². The molecular weight excluding hydrogens is 412 g/mol. The Morgan fingerprint density at radius 2 is 1.50 bits per heavy atom. The van der Waals surface area contributed by atoms with Gasteiger partial charge in [0.1, 0.15) is 17.3 Å². The highest BCUT2D eigenvalue weighted by Gasteiger charge is 2.24. The van der Waals surface area contributed by atoms with Gasteiger partial charge in [-0.25, -0.2) is 44.6 Å². The Morgan fingerprint density at radius 3 is 2.00 bits per heavy atom. The van der Waals surface area contributed by atoms with Crippen LogP contribution in [0.15, 0.2) is 41.3 Å². The lowest BCUT2D eigenvalue weighted by atomic mass is 10.1. The van der Waals surface area contributed by atoms with Gasteiger partial charge in [-0.05, 0) is 30.3 Å². The van der Waals surface area contributed by atoms with Gasteiger partial charge in [0.15, 0.2) is 16.5 Å². The molecule has 1 heterocycles. The number of aromatic nitrogens is 2. The summed E-state index contributed by atoms with van der Waals surface area (Å²) in [6.07, 6.45) is -3.08. The molecule has 0 aliphatic rings. The van der Waals surface area contributed by atoms with Crippen LogP contribution in [0.5, 0.6) is 0 Å². The molecule has 3 aromatic rings. The molecule has 0 atom stereocenters. The molecule has 0 fully saturated rings. The Bertz CT molecular complexity index is 1150. The number of nitrogens with zero attached hydrogens (tertiary/aromatic N) is 2. The van der Waals surface area contributed by atoms with Gasteiger partial charge in [0.05, 0.1) is 11.4 Å². The van der Waals surface area contributed by atoms with Gasteiger partial charge in [-0.15, -0.1) is 0 Å². The summed E-state index contributed by atoms with van der Waals surface area (Å²) in [5.74, 6) is -5.64. The summed E-state index contributed by atoms with van der Waals surface area (Å²) in [7, 11) is -4.73. The van der Waals surface area contributed by atoms with Gasteiger partial charge < -0.3 is 0 Å². The molecule has 0 saturated carbocycles. The van der Waals surface area contributed by atoms with Gasteiger partial charge in [0, 0.05) is 11.6 Å². The van der Waals surface area contributed by atoms with Gasteiger partial charge in [-0.2, -0.15) is 5.10 Å². The molecule has 0 aliphatic heterocycles. The van der Waals surface area contributed by atoms with E-state index in [9.17, 15) is 34.8 Å². The maximum atomic E-state index is 14.1. The molecule has 0 unspecified atom stereocenters. The second-order valence-electron chi connectivity index (χ2n) is 5.58. The molecule has 0 bridgehead atoms. The number of hydrogen-bond donors (Lipinski definition) is 1. The zero-order valence-electron chi connectivity index (χ0n) is 13.5. The van der Waals surface area contributed by atoms with Crippen LogP contribution in [-0.4, -0.2) is 18.2 Å². The van der Waals surface area contributed by atoms with Crippen molar-refractivity contribution in [1.29, 1.82) is 0 Å². The molecule has 2 N–H and O–H groups in total. The number of halogens is 6. The largest absolute Gasteiger partial charge is 0.282 e. The maximum absolute atomic E-state index is 14.1. The zero-order valence-corrected chi connectivity index (χ0v) is 14.3. The van der Waals surface area contributed by atoms with Crippen LogP contribution in [0.2, 0.25) is 0 Å². The molecule has 0 saturated heterocycles. The number of rotatable bonds is 4. The van der Waals surface area contributed by atoms with E-state index in [0.29, 0.717) is 24.3 Å². The van der Waals surface area contributed by atoms with Gasteiger partial charge in [-0.3, -0.25) is 0 Å². The molecule has 0 aliphatic carbocycles. The van der Waals surface area contributed by atoms with E-state index < -0.39 is 50.3 Å². The molecule has 28 heavy (non-hydrogen) atoms. The van der Waals surface area contributed by atoms with E-state index in [1.807, 2.05) is 0 Å². The second-order valence-corrected chi connectivity index (χ2v) is 7.08. The van der Waals surface area contributed by atoms with Crippen LogP contribution in [0.25, 0.3) is 16.9 Å². The van der Waals surface area contributed by atoms with E-state index in [1.54, 1.807) is 0 Å². The third-order valence-electron chi connectivity index (χ3n) is 3.68. The highest BCUT2D eigenvalue weighted by atomic mass is 32.2. The Morgan fingerprint density at radius 1 is 0.893 bits per heavy atom. The van der Waals surface area contributed by atoms with E-state index in [2.05, 4.69) is 5.10 Å². The number of hydrogen-bond acceptors (Lipinski definition) is 3. The third kappa shape index (κ3) is 3.60. The highest BCUT2D eigenvalue weighted by Crippen LogP contribution is 2.31. The van der Waals surface area contributed by atoms with Crippen molar-refractivity contribution < 1.29 is 34.8 Å². The van der Waals surface area contributed by atoms with Crippen molar-refractivity contribution in [1.82, 2.24) is 9.78 Å². The Labute approximate surface area is 154 Å². The minimum atomic E-state index is -4.73. The predicted molar refractivity (Wildman–Crippen MR) is 85.2 cm³/mol. The van der Waals surface area contributed by atoms with E-state index in [-0.39, 0.29) is 16.9 Å². The molecule has 5 nitrogen and oxygen atoms in total. The minimum Gasteiger partial charge on any atom is -0.233 e. The molecule has 148 valence electrons. The summed E-state index contributed by atoms with van der Waals surface area (Å²) in [6.45, 7) is 0. The molecule has 2 aromatic carbocycles. The SMILES string of the molecule is NS(=O)(=O)c1c(F)cc(-c2cc(C(F)F)nn2-c2ccc(F)c(F)c2)cc1F. The third-order valence-corrected chi connectivity index (χ3v) is 4.64. The van der Waals surface area contributed by atoms with Crippen molar-refractivity contribution >= 4 is 10.0 Å². The molecular formula is C16H9F6N3O2S. The fourth-order valence-electron chi connectivity index (χ4n) is 2.50. The van der Waals surface area contributed by atoms with E-state index >= 15 is 0 Å². The van der Waals surface area contributed by atoms with Gasteiger partial charge in [0.2, 0.25) is 10.0 Å². The summed E-state index contributed by atoms with van der Waals surface area (Å²) in [5.41, 5.74) is -1.72. The van der Waals surface area contributed by atoms with Crippen LogP contribution < -0.4 is 5.14 Å². The first-order chi connectivity index (χ1) is 13.0. The number of sulfonamides is 1. The van der Waals surface area contributed by atoms with Crippen molar-refractivity contribution in [2.45, 2.75) is 11.3 Å². The summed E-state index contributed by atoms with van der Waals surface area (Å²) >= 11 is 0. The lowest BCUT2D eigenvalue weighted by molar-refractivity contribution is 0.145. The van der Waals surface area contributed by atoms with Crippen LogP contribution in [0.3, 0.4) is 0 Å². The topological polar surface area (TPSA) is 78.0 Å². The molecule has 0 amide bonds. The number of benzene rings is 2. The zero-order chi connectivity index (χ0) is 20.8. The fourth-order valence-corrected chi connectivity index (χ4v) is 3.17. The normalized spacial score (nSPS) is 12.0. The fraction of sp³-hybridized carbons (Fsp3) is 0.0625. The van der Waals surface area contributed by atoms with Gasteiger partial charge in [-0.1, -0.05) is 0 Å². The van der Waals surface area contributed by atoms with Gasteiger partial charge in [0.25, 0.3) is 6.43 Å². The van der Waals surface area contributed by atoms with Gasteiger partial charge >= 0.3 is 0 Å². The van der Waals surface area contributed by atoms with Crippen LogP contribution in [-0.2, 0) is 10.0 Å². The summed E-state index contributed by atoms with van der Waals surface area (Å²) in [4.78, 5) is -1.40. The van der Waals surface area contributed by atoms with E-state index in [4.69, 9.17) is 5.14 Å². The second kappa shape index (κ2) is 6.95. The molecule has 0 spiro atoms. The minimum absolute atomic E-state index is 0.211. The smallest absolute Gasteiger partial charge is 0.233 e. The Hall–Kier alpha value is -2.86. The summed E-state index contributed by atoms with van der Waals surface area (Å²) < 4.78 is 104. The van der Waals surface area contributed by atoms with Crippen LogP contribution >= 0.6 is 0 Å². The molecule has 3 rings (SSSR count). The van der Waals surface area contributed by atoms with Crippen LogP contribution in [0.1, 0.15) is 12.1 Å². The number of nitrogens with two attached hydrogens (primary N) is 1. The average molecular weight is 421 g/mol. The first kappa shape index (κ1) is 19.9. The van der Waals surface area contributed by atoms with Crippen LogP contribution in [0.4, 0.5) is 26.3 Å². The van der Waals surface area contributed by atoms with Crippen molar-refractivity contribution in [3.8, 4) is 16.9 Å². The predicted octanol–water partition coefficient (Wildman–Crippen LogP) is 3.68. The molecule has 1 aromatic heterocycles. The van der Waals surface area contributed by atoms with E-state index in [1.165, 1.54) is 0 Å². The van der Waals surface area contributed by atoms with Crippen molar-refractivity contribution in [3.05, 3.63) is 65.4 Å². The van der Waals surface area contributed by atoms with Crippen molar-refractivity contribution in [2.75, 3.05) is 0 Å². The summed E-state index contributed by atoms with van der Waals surface area (Å²) in [6, 6.07) is 4.24. The highest BCUT2D eigenvalue weighted by molar-refractivity contribution is 7.89. The standard InChI is InChI=1S/C16H9F6N3O2S/c17-9-2-1-8(5-10(9)18)25-14(6-13(24-25)16(21)22)7-3-11(19)15(12(20)4-7)28(23,26)27/h1-6,16H,(H2,23,26,27). The first-order valence-corrected chi connectivity index (χ1v) is 8.89. The molecule has 0 radical (unpaired) electrons. The molecule has 12 heteroatoms. The Kier molecular flexibility index (Phi) is 4.93. The maximum Gasteiger partial charge on any atom is 0.282 e. The van der Waals surface area contributed by atoms with E-state index in [0.717, 1.165) is 16.8 Å². The first-order valence-electron chi connectivity index (χ1n) is 7.35. The summed E-state index contributed by atoms with van der Waals surface area (Å²) in [5, 5.41) is 8.29. The average Bonchev–Trinajstić information content (AvgIpc) is 3.01. The number of alkyl halides is 2. The number of primary sulfonamides is 1.